The number of nitrogens with zero attached hydrogens (tertiary/aromatic N) is 2. The molecule has 0 aromatic heterocycles. The van der Waals surface area contributed by atoms with Gasteiger partial charge < -0.3 is 10.0 Å². The van der Waals surface area contributed by atoms with E-state index >= 15 is 0 Å². The van der Waals surface area contributed by atoms with Crippen LogP contribution in [0.15, 0.2) is 0 Å². The van der Waals surface area contributed by atoms with E-state index in [9.17, 15) is 13.2 Å². The van der Waals surface area contributed by atoms with Gasteiger partial charge >= 0.3 is 5.97 Å². The van der Waals surface area contributed by atoms with E-state index in [1.807, 2.05) is 0 Å². The predicted molar refractivity (Wildman–Crippen MR) is 79.1 cm³/mol. The van der Waals surface area contributed by atoms with Crippen LogP contribution in [0, 0.1) is 5.92 Å². The molecule has 122 valence electrons. The summed E-state index contributed by atoms with van der Waals surface area (Å²) in [7, 11) is -3.56. The smallest absolute Gasteiger partial charge is 0.307 e. The summed E-state index contributed by atoms with van der Waals surface area (Å²) in [5.74, 6) is -1.50. The summed E-state index contributed by atoms with van der Waals surface area (Å²) >= 11 is 0. The Morgan fingerprint density at radius 2 is 1.86 bits per heavy atom. The van der Waals surface area contributed by atoms with Crippen LogP contribution in [-0.2, 0) is 15.0 Å². The van der Waals surface area contributed by atoms with E-state index in [1.165, 1.54) is 23.6 Å². The third kappa shape index (κ3) is 4.91. The van der Waals surface area contributed by atoms with Crippen molar-refractivity contribution >= 4 is 16.2 Å². The maximum Gasteiger partial charge on any atom is 0.307 e. The first-order valence-electron chi connectivity index (χ1n) is 7.69. The molecule has 1 unspecified atom stereocenters. The highest BCUT2D eigenvalue weighted by Crippen LogP contribution is 2.18. The first kappa shape index (κ1) is 16.7. The molecule has 2 rings (SSSR count). The number of hydrogen-bond acceptors (Lipinski definition) is 4. The van der Waals surface area contributed by atoms with E-state index in [0.717, 1.165) is 19.6 Å². The van der Waals surface area contributed by atoms with Crippen molar-refractivity contribution in [1.82, 2.24) is 13.9 Å². The summed E-state index contributed by atoms with van der Waals surface area (Å²) in [6.45, 7) is 3.66. The van der Waals surface area contributed by atoms with Gasteiger partial charge in [0.25, 0.3) is 10.2 Å². The fourth-order valence-corrected chi connectivity index (χ4v) is 4.25. The second-order valence-corrected chi connectivity index (χ2v) is 7.59. The molecular formula is C13H25N3O4S. The Hall–Kier alpha value is -0.700. The molecule has 2 N–H and O–H groups in total. The fourth-order valence-electron chi connectivity index (χ4n) is 2.97. The molecular weight excluding hydrogens is 294 g/mol. The molecule has 0 radical (unpaired) electrons. The Morgan fingerprint density at radius 3 is 2.52 bits per heavy atom. The molecule has 0 amide bonds. The normalized spacial score (nSPS) is 25.8. The van der Waals surface area contributed by atoms with Gasteiger partial charge in [0.05, 0.1) is 5.92 Å². The Balaban J connectivity index is 1.79. The SMILES string of the molecule is O=C(O)C1CCCN(S(=O)(=O)NCCN2CCCCC2)C1. The lowest BCUT2D eigenvalue weighted by Crippen LogP contribution is -2.49. The van der Waals surface area contributed by atoms with Crippen molar-refractivity contribution in [2.24, 2.45) is 5.92 Å². The van der Waals surface area contributed by atoms with Gasteiger partial charge in [-0.15, -0.1) is 0 Å². The number of piperidine rings is 2. The van der Waals surface area contributed by atoms with Crippen molar-refractivity contribution in [3.63, 3.8) is 0 Å². The van der Waals surface area contributed by atoms with E-state index in [1.54, 1.807) is 0 Å². The number of carboxylic acid groups (broad SMARTS) is 1. The number of likely N-dealkylation sites (tertiary alicyclic amines) is 1. The van der Waals surface area contributed by atoms with Crippen molar-refractivity contribution in [1.29, 1.82) is 0 Å². The Morgan fingerprint density at radius 1 is 1.14 bits per heavy atom. The zero-order valence-corrected chi connectivity index (χ0v) is 13.1. The van der Waals surface area contributed by atoms with Crippen LogP contribution in [-0.4, -0.2) is 68.0 Å². The monoisotopic (exact) mass is 319 g/mol. The van der Waals surface area contributed by atoms with Crippen molar-refractivity contribution in [2.75, 3.05) is 39.3 Å². The Kier molecular flexibility index (Phi) is 5.98. The molecule has 1 atom stereocenters. The third-order valence-electron chi connectivity index (χ3n) is 4.23. The van der Waals surface area contributed by atoms with Crippen molar-refractivity contribution < 1.29 is 18.3 Å². The van der Waals surface area contributed by atoms with E-state index in [0.29, 0.717) is 25.9 Å². The molecule has 0 bridgehead atoms. The number of rotatable bonds is 6. The lowest BCUT2D eigenvalue weighted by molar-refractivity contribution is -0.142. The van der Waals surface area contributed by atoms with Gasteiger partial charge in [0.15, 0.2) is 0 Å². The van der Waals surface area contributed by atoms with Gasteiger partial charge in [-0.05, 0) is 38.8 Å². The van der Waals surface area contributed by atoms with Crippen molar-refractivity contribution in [3.8, 4) is 0 Å². The largest absolute Gasteiger partial charge is 0.481 e. The zero-order chi connectivity index (χ0) is 15.3. The summed E-state index contributed by atoms with van der Waals surface area (Å²) in [6.07, 6.45) is 4.77. The fraction of sp³-hybridized carbons (Fsp3) is 0.923. The topological polar surface area (TPSA) is 90.0 Å². The molecule has 21 heavy (non-hydrogen) atoms. The first-order valence-corrected chi connectivity index (χ1v) is 9.13. The third-order valence-corrected chi connectivity index (χ3v) is 5.81. The first-order chi connectivity index (χ1) is 9.99. The Bertz CT molecular complexity index is 448. The summed E-state index contributed by atoms with van der Waals surface area (Å²) in [6, 6.07) is 0. The maximum absolute atomic E-state index is 12.2. The summed E-state index contributed by atoms with van der Waals surface area (Å²) in [5, 5.41) is 9.02. The van der Waals surface area contributed by atoms with Gasteiger partial charge in [-0.1, -0.05) is 6.42 Å². The van der Waals surface area contributed by atoms with E-state index in [-0.39, 0.29) is 6.54 Å². The highest BCUT2D eigenvalue weighted by molar-refractivity contribution is 7.87. The summed E-state index contributed by atoms with van der Waals surface area (Å²) in [5.41, 5.74) is 0. The molecule has 2 fully saturated rings. The van der Waals surface area contributed by atoms with Crippen LogP contribution in [0.4, 0.5) is 0 Å². The molecule has 0 spiro atoms. The highest BCUT2D eigenvalue weighted by Gasteiger charge is 2.31. The summed E-state index contributed by atoms with van der Waals surface area (Å²) in [4.78, 5) is 13.3. The minimum absolute atomic E-state index is 0.0778. The standard InChI is InChI=1S/C13H25N3O4S/c17-13(18)12-5-4-9-16(11-12)21(19,20)14-6-10-15-7-2-1-3-8-15/h12,14H,1-11H2,(H,17,18). The van der Waals surface area contributed by atoms with Crippen LogP contribution < -0.4 is 4.72 Å². The quantitative estimate of drug-likeness (QED) is 0.725. The summed E-state index contributed by atoms with van der Waals surface area (Å²) < 4.78 is 28.3. The molecule has 2 aliphatic heterocycles. The zero-order valence-electron chi connectivity index (χ0n) is 12.3. The number of aliphatic carboxylic acids is 1. The molecule has 2 saturated heterocycles. The van der Waals surface area contributed by atoms with Gasteiger partial charge in [-0.3, -0.25) is 4.79 Å². The van der Waals surface area contributed by atoms with Crippen LogP contribution in [0.25, 0.3) is 0 Å². The average Bonchev–Trinajstić information content (AvgIpc) is 2.48. The molecule has 0 aromatic rings. The van der Waals surface area contributed by atoms with Crippen LogP contribution in [0.5, 0.6) is 0 Å². The van der Waals surface area contributed by atoms with Gasteiger partial charge in [0.2, 0.25) is 0 Å². The molecule has 7 nitrogen and oxygen atoms in total. The van der Waals surface area contributed by atoms with E-state index in [4.69, 9.17) is 5.11 Å². The van der Waals surface area contributed by atoms with Crippen LogP contribution in [0.3, 0.4) is 0 Å². The van der Waals surface area contributed by atoms with Crippen LogP contribution in [0.2, 0.25) is 0 Å². The van der Waals surface area contributed by atoms with Gasteiger partial charge in [0.1, 0.15) is 0 Å². The number of hydrogen-bond donors (Lipinski definition) is 2. The highest BCUT2D eigenvalue weighted by atomic mass is 32.2. The number of carbonyl (C=O) groups is 1. The molecule has 0 saturated carbocycles. The van der Waals surface area contributed by atoms with E-state index in [2.05, 4.69) is 9.62 Å². The van der Waals surface area contributed by atoms with Crippen molar-refractivity contribution in [2.45, 2.75) is 32.1 Å². The molecule has 2 aliphatic rings. The lowest BCUT2D eigenvalue weighted by Gasteiger charge is -2.30. The van der Waals surface area contributed by atoms with Crippen molar-refractivity contribution in [3.05, 3.63) is 0 Å². The number of nitrogens with one attached hydrogen (secondary N) is 1. The van der Waals surface area contributed by atoms with Crippen LogP contribution >= 0.6 is 0 Å². The molecule has 0 aromatic carbocycles. The van der Waals surface area contributed by atoms with E-state index < -0.39 is 22.1 Å². The maximum atomic E-state index is 12.2. The van der Waals surface area contributed by atoms with Gasteiger partial charge in [-0.25, -0.2) is 4.72 Å². The lowest BCUT2D eigenvalue weighted by atomic mass is 10.0. The minimum Gasteiger partial charge on any atom is -0.481 e. The molecule has 2 heterocycles. The minimum atomic E-state index is -3.56. The Labute approximate surface area is 126 Å². The van der Waals surface area contributed by atoms with Gasteiger partial charge in [-0.2, -0.15) is 12.7 Å². The number of carboxylic acids is 1. The predicted octanol–water partition coefficient (Wildman–Crippen LogP) is 0.103. The molecule has 0 aliphatic carbocycles. The second kappa shape index (κ2) is 7.53. The van der Waals surface area contributed by atoms with Crippen LogP contribution in [0.1, 0.15) is 32.1 Å². The average molecular weight is 319 g/mol. The second-order valence-electron chi connectivity index (χ2n) is 5.84. The van der Waals surface area contributed by atoms with Gasteiger partial charge in [0, 0.05) is 26.2 Å². The molecule has 8 heteroatoms.